The lowest BCUT2D eigenvalue weighted by Crippen LogP contribution is -2.54. The van der Waals surface area contributed by atoms with Gasteiger partial charge in [-0.3, -0.25) is 9.59 Å². The Bertz CT molecular complexity index is 918. The van der Waals surface area contributed by atoms with Crippen molar-refractivity contribution < 1.29 is 19.1 Å². The summed E-state index contributed by atoms with van der Waals surface area (Å²) in [4.78, 5) is 41.7. The maximum atomic E-state index is 14.0. The van der Waals surface area contributed by atoms with Crippen molar-refractivity contribution in [3.05, 3.63) is 35.4 Å². The Balaban J connectivity index is 2.44. The van der Waals surface area contributed by atoms with Gasteiger partial charge in [0.05, 0.1) is 0 Å². The maximum Gasteiger partial charge on any atom is 0.408 e. The summed E-state index contributed by atoms with van der Waals surface area (Å²) in [6, 6.07) is 5.44. The van der Waals surface area contributed by atoms with Crippen molar-refractivity contribution in [3.63, 3.8) is 0 Å². The van der Waals surface area contributed by atoms with E-state index in [1.54, 1.807) is 49.6 Å². The minimum Gasteiger partial charge on any atom is -0.444 e. The van der Waals surface area contributed by atoms with Crippen molar-refractivity contribution in [1.82, 2.24) is 15.5 Å². The second kappa shape index (κ2) is 13.4. The van der Waals surface area contributed by atoms with Crippen molar-refractivity contribution in [1.29, 1.82) is 0 Å². The molecule has 1 aliphatic rings. The van der Waals surface area contributed by atoms with Crippen LogP contribution in [0.5, 0.6) is 0 Å². The van der Waals surface area contributed by atoms with Gasteiger partial charge in [-0.2, -0.15) is 11.8 Å². The fourth-order valence-corrected chi connectivity index (χ4v) is 4.23. The van der Waals surface area contributed by atoms with Crippen molar-refractivity contribution in [2.75, 3.05) is 18.6 Å². The molecule has 2 rings (SSSR count). The molecule has 2 atom stereocenters. The number of nitrogens with one attached hydrogen (secondary N) is 2. The summed E-state index contributed by atoms with van der Waals surface area (Å²) < 4.78 is 5.42. The number of ether oxygens (including phenoxy) is 1. The van der Waals surface area contributed by atoms with Crippen LogP contribution in [0.2, 0.25) is 0 Å². The van der Waals surface area contributed by atoms with Crippen LogP contribution < -0.4 is 10.6 Å². The standard InChI is InChI=1S/C27H39N3O4S/c1-7-9-17-28-24(31)23(21-13-11-10-12-19(21)8-2)30(20-14-15-20)25(32)22(16-18-35-6)29-26(33)34-27(3,4)5/h2,10-13,20,22-23H,7,9,14-18H2,1,3-6H3,(H,28,31)(H,29,33). The lowest BCUT2D eigenvalue weighted by molar-refractivity contribution is -0.143. The molecule has 1 fully saturated rings. The van der Waals surface area contributed by atoms with E-state index in [2.05, 4.69) is 23.5 Å². The van der Waals surface area contributed by atoms with Gasteiger partial charge in [-0.1, -0.05) is 37.5 Å². The molecule has 2 N–H and O–H groups in total. The second-order valence-corrected chi connectivity index (χ2v) is 10.7. The zero-order valence-corrected chi connectivity index (χ0v) is 22.4. The molecule has 2 unspecified atom stereocenters. The third-order valence-electron chi connectivity index (χ3n) is 5.56. The van der Waals surface area contributed by atoms with Gasteiger partial charge in [0.1, 0.15) is 17.7 Å². The molecular weight excluding hydrogens is 462 g/mol. The third-order valence-corrected chi connectivity index (χ3v) is 6.21. The van der Waals surface area contributed by atoms with Gasteiger partial charge in [0.2, 0.25) is 11.8 Å². The van der Waals surface area contributed by atoms with Crippen LogP contribution in [0.15, 0.2) is 24.3 Å². The summed E-state index contributed by atoms with van der Waals surface area (Å²) in [7, 11) is 0. The third kappa shape index (κ3) is 8.81. The smallest absolute Gasteiger partial charge is 0.408 e. The van der Waals surface area contributed by atoms with E-state index in [9.17, 15) is 14.4 Å². The zero-order chi connectivity index (χ0) is 26.0. The maximum absolute atomic E-state index is 14.0. The minimum atomic E-state index is -0.878. The molecule has 35 heavy (non-hydrogen) atoms. The van der Waals surface area contributed by atoms with E-state index in [1.165, 1.54) is 0 Å². The Morgan fingerprint density at radius 2 is 1.94 bits per heavy atom. The SMILES string of the molecule is C#Cc1ccccc1C(C(=O)NCCCC)N(C(=O)C(CCSC)NC(=O)OC(C)(C)C)C1CC1. The lowest BCUT2D eigenvalue weighted by atomic mass is 9.97. The van der Waals surface area contributed by atoms with Gasteiger partial charge in [0.15, 0.2) is 0 Å². The van der Waals surface area contributed by atoms with E-state index in [0.29, 0.717) is 29.8 Å². The minimum absolute atomic E-state index is 0.0903. The molecule has 0 radical (unpaired) electrons. The number of nitrogens with zero attached hydrogens (tertiary/aromatic N) is 1. The molecule has 0 aromatic heterocycles. The van der Waals surface area contributed by atoms with Crippen LogP contribution in [0, 0.1) is 12.3 Å². The van der Waals surface area contributed by atoms with E-state index >= 15 is 0 Å². The molecule has 0 saturated heterocycles. The average Bonchev–Trinajstić information content (AvgIpc) is 3.63. The highest BCUT2D eigenvalue weighted by atomic mass is 32.2. The Kier molecular flexibility index (Phi) is 11.0. The number of carbonyl (C=O) groups is 3. The molecule has 7 nitrogen and oxygen atoms in total. The van der Waals surface area contributed by atoms with Crippen LogP contribution >= 0.6 is 11.8 Å². The number of rotatable bonds is 12. The second-order valence-electron chi connectivity index (χ2n) is 9.74. The highest BCUT2D eigenvalue weighted by molar-refractivity contribution is 7.98. The Morgan fingerprint density at radius 3 is 2.51 bits per heavy atom. The van der Waals surface area contributed by atoms with Crippen molar-refractivity contribution in [2.45, 2.75) is 83.5 Å². The Labute approximate surface area is 214 Å². The summed E-state index contributed by atoms with van der Waals surface area (Å²) in [5.74, 6) is 2.77. The molecule has 1 saturated carbocycles. The van der Waals surface area contributed by atoms with Gasteiger partial charge < -0.3 is 20.3 Å². The highest BCUT2D eigenvalue weighted by Crippen LogP contribution is 2.36. The topological polar surface area (TPSA) is 87.7 Å². The Hall–Kier alpha value is -2.66. The van der Waals surface area contributed by atoms with Gasteiger partial charge >= 0.3 is 6.09 Å². The number of benzene rings is 1. The van der Waals surface area contributed by atoms with Gasteiger partial charge in [-0.05, 0) is 70.1 Å². The van der Waals surface area contributed by atoms with Crippen LogP contribution in [-0.4, -0.2) is 59.0 Å². The molecule has 3 amide bonds. The summed E-state index contributed by atoms with van der Waals surface area (Å²) in [6.45, 7) is 7.89. The number of unbranched alkanes of at least 4 members (excludes halogenated alkanes) is 1. The predicted molar refractivity (Wildman–Crippen MR) is 141 cm³/mol. The van der Waals surface area contributed by atoms with Crippen LogP contribution in [0.4, 0.5) is 4.79 Å². The molecular formula is C27H39N3O4S. The number of thioether (sulfide) groups is 1. The van der Waals surface area contributed by atoms with E-state index < -0.39 is 23.8 Å². The fraction of sp³-hybridized carbons (Fsp3) is 0.593. The van der Waals surface area contributed by atoms with E-state index in [1.807, 2.05) is 18.4 Å². The monoisotopic (exact) mass is 501 g/mol. The Morgan fingerprint density at radius 1 is 1.26 bits per heavy atom. The largest absolute Gasteiger partial charge is 0.444 e. The number of carbonyl (C=O) groups excluding carboxylic acids is 3. The van der Waals surface area contributed by atoms with E-state index in [4.69, 9.17) is 11.2 Å². The van der Waals surface area contributed by atoms with Gasteiger partial charge in [-0.15, -0.1) is 6.42 Å². The number of terminal acetylenes is 1. The first kappa shape index (κ1) is 28.6. The van der Waals surface area contributed by atoms with Crippen molar-refractivity contribution >= 4 is 29.7 Å². The number of amides is 3. The van der Waals surface area contributed by atoms with Crippen molar-refractivity contribution in [2.24, 2.45) is 0 Å². The van der Waals surface area contributed by atoms with Crippen LogP contribution in [0.25, 0.3) is 0 Å². The van der Waals surface area contributed by atoms with Gasteiger partial charge in [0, 0.05) is 18.2 Å². The lowest BCUT2D eigenvalue weighted by Gasteiger charge is -2.35. The van der Waals surface area contributed by atoms with Crippen LogP contribution in [0.3, 0.4) is 0 Å². The first-order valence-electron chi connectivity index (χ1n) is 12.3. The quantitative estimate of drug-likeness (QED) is 0.330. The molecule has 0 bridgehead atoms. The molecule has 1 aromatic carbocycles. The molecule has 8 heteroatoms. The number of hydrogen-bond acceptors (Lipinski definition) is 5. The molecule has 0 heterocycles. The fourth-order valence-electron chi connectivity index (χ4n) is 3.76. The van der Waals surface area contributed by atoms with Gasteiger partial charge in [-0.25, -0.2) is 4.79 Å². The normalized spacial score (nSPS) is 14.9. The molecule has 0 aliphatic heterocycles. The van der Waals surface area contributed by atoms with Gasteiger partial charge in [0.25, 0.3) is 0 Å². The highest BCUT2D eigenvalue weighted by Gasteiger charge is 2.44. The van der Waals surface area contributed by atoms with E-state index in [-0.39, 0.29) is 17.9 Å². The number of alkyl carbamates (subject to hydrolysis) is 1. The molecule has 1 aliphatic carbocycles. The average molecular weight is 502 g/mol. The first-order valence-corrected chi connectivity index (χ1v) is 13.7. The molecule has 0 spiro atoms. The van der Waals surface area contributed by atoms with E-state index in [0.717, 1.165) is 25.7 Å². The summed E-state index contributed by atoms with van der Waals surface area (Å²) in [5.41, 5.74) is 0.494. The molecule has 192 valence electrons. The molecule has 1 aromatic rings. The summed E-state index contributed by atoms with van der Waals surface area (Å²) >= 11 is 1.59. The first-order chi connectivity index (χ1) is 16.6. The summed E-state index contributed by atoms with van der Waals surface area (Å²) in [6.07, 6.45) is 10.8. The number of hydrogen-bond donors (Lipinski definition) is 2. The predicted octanol–water partition coefficient (Wildman–Crippen LogP) is 4.26. The van der Waals surface area contributed by atoms with Crippen LogP contribution in [-0.2, 0) is 14.3 Å². The summed E-state index contributed by atoms with van der Waals surface area (Å²) in [5, 5.41) is 5.75. The van der Waals surface area contributed by atoms with Crippen molar-refractivity contribution in [3.8, 4) is 12.3 Å². The van der Waals surface area contributed by atoms with Crippen LogP contribution in [0.1, 0.15) is 77.0 Å². The zero-order valence-electron chi connectivity index (χ0n) is 21.6.